The van der Waals surface area contributed by atoms with Crippen LogP contribution in [0.4, 0.5) is 19.0 Å². The fourth-order valence-electron chi connectivity index (χ4n) is 2.60. The summed E-state index contributed by atoms with van der Waals surface area (Å²) in [5.41, 5.74) is 1.82. The quantitative estimate of drug-likeness (QED) is 0.772. The zero-order chi connectivity index (χ0) is 19.1. The maximum atomic E-state index is 12.6. The minimum absolute atomic E-state index is 0.119. The van der Waals surface area contributed by atoms with Gasteiger partial charge in [0, 0.05) is 11.5 Å². The van der Waals surface area contributed by atoms with Gasteiger partial charge in [-0.25, -0.2) is 4.98 Å². The number of nitrogens with zero attached hydrogens (tertiary/aromatic N) is 3. The molecule has 0 bridgehead atoms. The van der Waals surface area contributed by atoms with E-state index in [2.05, 4.69) is 10.1 Å². The zero-order valence-electron chi connectivity index (χ0n) is 14.2. The molecule has 0 fully saturated rings. The van der Waals surface area contributed by atoms with Gasteiger partial charge in [-0.2, -0.15) is 23.0 Å². The summed E-state index contributed by atoms with van der Waals surface area (Å²) in [6, 6.07) is 8.44. The van der Waals surface area contributed by atoms with Crippen LogP contribution < -0.4 is 10.1 Å². The lowest BCUT2D eigenvalue weighted by molar-refractivity contribution is -0.167. The zero-order valence-corrected chi connectivity index (χ0v) is 14.2. The molecule has 26 heavy (non-hydrogen) atoms. The van der Waals surface area contributed by atoms with E-state index in [1.54, 1.807) is 19.1 Å². The second kappa shape index (κ2) is 6.32. The van der Waals surface area contributed by atoms with Gasteiger partial charge in [-0.1, -0.05) is 12.1 Å². The first kappa shape index (κ1) is 17.7. The highest BCUT2D eigenvalue weighted by molar-refractivity contribution is 5.94. The fourth-order valence-corrected chi connectivity index (χ4v) is 2.60. The van der Waals surface area contributed by atoms with Crippen LogP contribution in [-0.4, -0.2) is 34.0 Å². The molecule has 2 heterocycles. The molecule has 0 aliphatic heterocycles. The molecule has 1 N–H and O–H groups in total. The molecule has 3 rings (SSSR count). The van der Waals surface area contributed by atoms with Crippen molar-refractivity contribution in [2.75, 3.05) is 12.4 Å². The Kier molecular flexibility index (Phi) is 4.31. The molecule has 6 nitrogen and oxygen atoms in total. The molecule has 2 aromatic heterocycles. The number of amides is 1. The number of hydrogen-bond donors (Lipinski definition) is 1. The molecular weight excluding hydrogens is 349 g/mol. The first-order valence-electron chi connectivity index (χ1n) is 7.60. The van der Waals surface area contributed by atoms with E-state index >= 15 is 0 Å². The van der Waals surface area contributed by atoms with Gasteiger partial charge in [-0.3, -0.25) is 4.79 Å². The van der Waals surface area contributed by atoms with Gasteiger partial charge in [0.05, 0.1) is 12.8 Å². The summed E-state index contributed by atoms with van der Waals surface area (Å²) in [4.78, 5) is 15.8. The van der Waals surface area contributed by atoms with Gasteiger partial charge >= 0.3 is 12.1 Å². The van der Waals surface area contributed by atoms with Crippen LogP contribution in [0.1, 0.15) is 11.3 Å². The van der Waals surface area contributed by atoms with Crippen molar-refractivity contribution in [2.45, 2.75) is 20.0 Å². The Balaban J connectivity index is 2.14. The van der Waals surface area contributed by atoms with Crippen molar-refractivity contribution in [1.82, 2.24) is 14.8 Å². The van der Waals surface area contributed by atoms with E-state index in [9.17, 15) is 18.0 Å². The number of benzene rings is 1. The molecular formula is C17H15F3N4O2. The average Bonchev–Trinajstić information content (AvgIpc) is 2.93. The Morgan fingerprint density at radius 3 is 2.62 bits per heavy atom. The summed E-state index contributed by atoms with van der Waals surface area (Å²) in [6.45, 7) is 3.45. The molecule has 1 aromatic carbocycles. The number of hydrogen-bond acceptors (Lipinski definition) is 4. The Morgan fingerprint density at radius 1 is 1.23 bits per heavy atom. The SMILES string of the molecule is COc1cccc2c(C)cc(-n3nc(C)cc3NC(=O)C(F)(F)F)nc12. The summed E-state index contributed by atoms with van der Waals surface area (Å²) >= 11 is 0. The lowest BCUT2D eigenvalue weighted by atomic mass is 10.1. The average molecular weight is 364 g/mol. The molecule has 0 radical (unpaired) electrons. The van der Waals surface area contributed by atoms with Gasteiger partial charge in [-0.05, 0) is 31.5 Å². The number of anilines is 1. The van der Waals surface area contributed by atoms with Crippen LogP contribution in [0.5, 0.6) is 5.75 Å². The maximum absolute atomic E-state index is 12.6. The molecule has 0 aliphatic carbocycles. The maximum Gasteiger partial charge on any atom is 0.471 e. The van der Waals surface area contributed by atoms with Gasteiger partial charge < -0.3 is 10.1 Å². The van der Waals surface area contributed by atoms with Crippen molar-refractivity contribution < 1.29 is 22.7 Å². The number of carbonyl (C=O) groups is 1. The van der Waals surface area contributed by atoms with Gasteiger partial charge in [0.25, 0.3) is 0 Å². The number of pyridine rings is 1. The van der Waals surface area contributed by atoms with Crippen LogP contribution in [0.2, 0.25) is 0 Å². The van der Waals surface area contributed by atoms with Crippen molar-refractivity contribution in [3.8, 4) is 11.6 Å². The van der Waals surface area contributed by atoms with Crippen LogP contribution in [0.25, 0.3) is 16.7 Å². The van der Waals surface area contributed by atoms with Crippen LogP contribution in [-0.2, 0) is 4.79 Å². The van der Waals surface area contributed by atoms with E-state index in [0.717, 1.165) is 15.6 Å². The van der Waals surface area contributed by atoms with Crippen LogP contribution >= 0.6 is 0 Å². The molecule has 136 valence electrons. The monoisotopic (exact) mass is 364 g/mol. The number of aromatic nitrogens is 3. The van der Waals surface area contributed by atoms with E-state index in [0.29, 0.717) is 17.0 Å². The topological polar surface area (TPSA) is 69.0 Å². The van der Waals surface area contributed by atoms with Gasteiger partial charge in [0.15, 0.2) is 5.82 Å². The van der Waals surface area contributed by atoms with E-state index in [-0.39, 0.29) is 11.6 Å². The van der Waals surface area contributed by atoms with Crippen molar-refractivity contribution in [2.24, 2.45) is 0 Å². The van der Waals surface area contributed by atoms with Crippen LogP contribution in [0.15, 0.2) is 30.3 Å². The van der Waals surface area contributed by atoms with Gasteiger partial charge in [0.1, 0.15) is 17.1 Å². The third-order valence-corrected chi connectivity index (χ3v) is 3.76. The number of aryl methyl sites for hydroxylation is 2. The van der Waals surface area contributed by atoms with Crippen LogP contribution in [0, 0.1) is 13.8 Å². The normalized spacial score (nSPS) is 11.6. The number of carbonyl (C=O) groups excluding carboxylic acids is 1. The predicted molar refractivity (Wildman–Crippen MR) is 89.6 cm³/mol. The van der Waals surface area contributed by atoms with E-state index in [1.165, 1.54) is 13.2 Å². The third kappa shape index (κ3) is 3.19. The number of nitrogens with one attached hydrogen (secondary N) is 1. The Labute approximate surface area is 146 Å². The molecule has 9 heteroatoms. The first-order chi connectivity index (χ1) is 12.2. The van der Waals surface area contributed by atoms with E-state index in [4.69, 9.17) is 4.74 Å². The first-order valence-corrected chi connectivity index (χ1v) is 7.60. The number of ether oxygens (including phenoxy) is 1. The van der Waals surface area contributed by atoms with Crippen molar-refractivity contribution in [1.29, 1.82) is 0 Å². The minimum atomic E-state index is -5.00. The molecule has 0 atom stereocenters. The lowest BCUT2D eigenvalue weighted by Crippen LogP contribution is -2.30. The number of alkyl halides is 3. The summed E-state index contributed by atoms with van der Waals surface area (Å²) < 4.78 is 44.2. The highest BCUT2D eigenvalue weighted by Crippen LogP contribution is 2.29. The van der Waals surface area contributed by atoms with Crippen molar-refractivity contribution in [3.05, 3.63) is 41.6 Å². The number of halogens is 3. The highest BCUT2D eigenvalue weighted by Gasteiger charge is 2.39. The highest BCUT2D eigenvalue weighted by atomic mass is 19.4. The number of para-hydroxylation sites is 1. The summed E-state index contributed by atoms with van der Waals surface area (Å²) in [5, 5.41) is 6.83. The molecule has 0 saturated heterocycles. The smallest absolute Gasteiger partial charge is 0.471 e. The molecule has 0 saturated carbocycles. The largest absolute Gasteiger partial charge is 0.494 e. The molecule has 0 unspecified atom stereocenters. The van der Waals surface area contributed by atoms with Crippen LogP contribution in [0.3, 0.4) is 0 Å². The van der Waals surface area contributed by atoms with E-state index < -0.39 is 12.1 Å². The molecule has 0 aliphatic rings. The number of fused-ring (bicyclic) bond motifs is 1. The minimum Gasteiger partial charge on any atom is -0.494 e. The number of methoxy groups -OCH3 is 1. The van der Waals surface area contributed by atoms with Crippen molar-refractivity contribution in [3.63, 3.8) is 0 Å². The Hall–Kier alpha value is -3.10. The third-order valence-electron chi connectivity index (χ3n) is 3.76. The van der Waals surface area contributed by atoms with Gasteiger partial charge in [-0.15, -0.1) is 0 Å². The van der Waals surface area contributed by atoms with Crippen molar-refractivity contribution >= 4 is 22.6 Å². The summed E-state index contributed by atoms with van der Waals surface area (Å²) in [7, 11) is 1.51. The fraction of sp³-hybridized carbons (Fsp3) is 0.235. The summed E-state index contributed by atoms with van der Waals surface area (Å²) in [5.74, 6) is -1.40. The Bertz CT molecular complexity index is 996. The molecule has 0 spiro atoms. The van der Waals surface area contributed by atoms with Gasteiger partial charge in [0.2, 0.25) is 0 Å². The lowest BCUT2D eigenvalue weighted by Gasteiger charge is -2.12. The second-order valence-corrected chi connectivity index (χ2v) is 5.69. The molecule has 3 aromatic rings. The number of rotatable bonds is 3. The summed E-state index contributed by atoms with van der Waals surface area (Å²) in [6.07, 6.45) is -5.00. The Morgan fingerprint density at radius 2 is 1.96 bits per heavy atom. The predicted octanol–water partition coefficient (Wildman–Crippen LogP) is 3.55. The second-order valence-electron chi connectivity index (χ2n) is 5.69. The molecule has 1 amide bonds. The standard InChI is InChI=1S/C17H15F3N4O2/c1-9-7-13(21-15-11(9)5-4-6-12(15)26-3)24-14(8-10(2)23-24)22-16(25)17(18,19)20/h4-8H,1-3H3,(H,22,25). The van der Waals surface area contributed by atoms with E-state index in [1.807, 2.05) is 24.4 Å².